The molecule has 0 fully saturated rings. The Labute approximate surface area is 88.6 Å². The Morgan fingerprint density at radius 1 is 1.40 bits per heavy atom. The van der Waals surface area contributed by atoms with E-state index in [1.807, 2.05) is 13.0 Å². The SMILES string of the molecule is COC(=O)C1=CC(C)CN(C(=O)OC)C1. The first-order chi connectivity index (χ1) is 7.08. The summed E-state index contributed by atoms with van der Waals surface area (Å²) in [6, 6.07) is 0. The number of rotatable bonds is 1. The fourth-order valence-electron chi connectivity index (χ4n) is 1.60. The topological polar surface area (TPSA) is 55.8 Å². The van der Waals surface area contributed by atoms with Crippen molar-refractivity contribution < 1.29 is 19.1 Å². The summed E-state index contributed by atoms with van der Waals surface area (Å²) in [5.74, 6) is -0.262. The van der Waals surface area contributed by atoms with Crippen LogP contribution < -0.4 is 0 Å². The van der Waals surface area contributed by atoms with Crippen molar-refractivity contribution in [3.8, 4) is 0 Å². The van der Waals surface area contributed by atoms with Gasteiger partial charge in [0.2, 0.25) is 0 Å². The summed E-state index contributed by atoms with van der Waals surface area (Å²) in [6.07, 6.45) is 1.40. The lowest BCUT2D eigenvalue weighted by Crippen LogP contribution is -2.40. The molecule has 0 aromatic carbocycles. The number of amides is 1. The zero-order valence-corrected chi connectivity index (χ0v) is 9.15. The highest BCUT2D eigenvalue weighted by atomic mass is 16.5. The van der Waals surface area contributed by atoms with Crippen molar-refractivity contribution in [3.05, 3.63) is 11.6 Å². The summed E-state index contributed by atoms with van der Waals surface area (Å²) < 4.78 is 9.22. The van der Waals surface area contributed by atoms with Gasteiger partial charge in [-0.1, -0.05) is 13.0 Å². The number of hydrogen-bond acceptors (Lipinski definition) is 4. The fraction of sp³-hybridized carbons (Fsp3) is 0.600. The second-order valence-corrected chi connectivity index (χ2v) is 3.51. The molecule has 0 spiro atoms. The Kier molecular flexibility index (Phi) is 3.71. The molecule has 1 rings (SSSR count). The van der Waals surface area contributed by atoms with Crippen LogP contribution in [0.1, 0.15) is 6.92 Å². The van der Waals surface area contributed by atoms with Gasteiger partial charge in [-0.2, -0.15) is 0 Å². The van der Waals surface area contributed by atoms with Gasteiger partial charge in [-0.05, 0) is 5.92 Å². The highest BCUT2D eigenvalue weighted by Crippen LogP contribution is 2.16. The lowest BCUT2D eigenvalue weighted by atomic mass is 10.0. The van der Waals surface area contributed by atoms with Crippen LogP contribution in [0.5, 0.6) is 0 Å². The van der Waals surface area contributed by atoms with E-state index in [1.165, 1.54) is 19.1 Å². The number of carbonyl (C=O) groups excluding carboxylic acids is 2. The average Bonchev–Trinajstić information content (AvgIpc) is 2.26. The molecule has 84 valence electrons. The van der Waals surface area contributed by atoms with Gasteiger partial charge in [-0.25, -0.2) is 9.59 Å². The molecule has 1 aliphatic rings. The normalized spacial score (nSPS) is 20.6. The lowest BCUT2D eigenvalue weighted by molar-refractivity contribution is -0.136. The molecule has 1 atom stereocenters. The van der Waals surface area contributed by atoms with E-state index in [9.17, 15) is 9.59 Å². The van der Waals surface area contributed by atoms with Crippen LogP contribution in [-0.2, 0) is 14.3 Å². The van der Waals surface area contributed by atoms with Crippen LogP contribution in [-0.4, -0.2) is 44.3 Å². The van der Waals surface area contributed by atoms with E-state index in [-0.39, 0.29) is 12.5 Å². The van der Waals surface area contributed by atoms with Crippen LogP contribution in [0.3, 0.4) is 0 Å². The molecule has 0 radical (unpaired) electrons. The van der Waals surface area contributed by atoms with Crippen LogP contribution in [0.25, 0.3) is 0 Å². The average molecular weight is 213 g/mol. The van der Waals surface area contributed by atoms with Crippen LogP contribution in [0, 0.1) is 5.92 Å². The minimum atomic E-state index is -0.420. The van der Waals surface area contributed by atoms with Gasteiger partial charge in [0, 0.05) is 6.54 Å². The molecular weight excluding hydrogens is 198 g/mol. The van der Waals surface area contributed by atoms with E-state index in [2.05, 4.69) is 9.47 Å². The van der Waals surface area contributed by atoms with Gasteiger partial charge in [0.25, 0.3) is 0 Å². The van der Waals surface area contributed by atoms with Gasteiger partial charge >= 0.3 is 12.1 Å². The highest BCUT2D eigenvalue weighted by molar-refractivity contribution is 5.89. The molecule has 1 aliphatic heterocycles. The van der Waals surface area contributed by atoms with E-state index in [0.29, 0.717) is 12.1 Å². The number of hydrogen-bond donors (Lipinski definition) is 0. The minimum Gasteiger partial charge on any atom is -0.466 e. The molecule has 0 aromatic heterocycles. The first kappa shape index (κ1) is 11.6. The molecule has 5 heteroatoms. The quantitative estimate of drug-likeness (QED) is 0.605. The van der Waals surface area contributed by atoms with Crippen LogP contribution in [0.2, 0.25) is 0 Å². The number of methoxy groups -OCH3 is 2. The van der Waals surface area contributed by atoms with Gasteiger partial charge in [0.1, 0.15) is 0 Å². The molecule has 0 saturated heterocycles. The molecule has 15 heavy (non-hydrogen) atoms. The summed E-state index contributed by atoms with van der Waals surface area (Å²) in [5, 5.41) is 0. The summed E-state index contributed by atoms with van der Waals surface area (Å²) >= 11 is 0. The second kappa shape index (κ2) is 4.82. The summed E-state index contributed by atoms with van der Waals surface area (Å²) in [4.78, 5) is 24.1. The van der Waals surface area contributed by atoms with Gasteiger partial charge < -0.3 is 14.4 Å². The van der Waals surface area contributed by atoms with Gasteiger partial charge in [0.15, 0.2) is 0 Å². The van der Waals surface area contributed by atoms with Crippen molar-refractivity contribution in [3.63, 3.8) is 0 Å². The first-order valence-electron chi connectivity index (χ1n) is 4.70. The Morgan fingerprint density at radius 3 is 2.60 bits per heavy atom. The van der Waals surface area contributed by atoms with Gasteiger partial charge in [-0.15, -0.1) is 0 Å². The molecule has 5 nitrogen and oxygen atoms in total. The Hall–Kier alpha value is -1.52. The summed E-state index contributed by atoms with van der Waals surface area (Å²) in [5.41, 5.74) is 0.502. The fourth-order valence-corrected chi connectivity index (χ4v) is 1.60. The van der Waals surface area contributed by atoms with Gasteiger partial charge in [-0.3, -0.25) is 0 Å². The standard InChI is InChI=1S/C10H15NO4/c1-7-4-8(9(12)14-2)6-11(5-7)10(13)15-3/h4,7H,5-6H2,1-3H3. The van der Waals surface area contributed by atoms with E-state index < -0.39 is 12.1 Å². The number of ether oxygens (including phenoxy) is 2. The van der Waals surface area contributed by atoms with E-state index in [0.717, 1.165) is 0 Å². The minimum absolute atomic E-state index is 0.131. The van der Waals surface area contributed by atoms with Gasteiger partial charge in [0.05, 0.1) is 26.3 Å². The zero-order valence-electron chi connectivity index (χ0n) is 9.15. The second-order valence-electron chi connectivity index (χ2n) is 3.51. The maximum atomic E-state index is 11.3. The third kappa shape index (κ3) is 2.71. The van der Waals surface area contributed by atoms with Crippen molar-refractivity contribution in [2.45, 2.75) is 6.92 Å². The van der Waals surface area contributed by atoms with Crippen molar-refractivity contribution in [1.29, 1.82) is 0 Å². The van der Waals surface area contributed by atoms with E-state index in [1.54, 1.807) is 0 Å². The Bertz CT molecular complexity index is 298. The largest absolute Gasteiger partial charge is 0.466 e. The number of esters is 1. The predicted octanol–water partition coefficient (Wildman–Crippen LogP) is 0.804. The van der Waals surface area contributed by atoms with Crippen molar-refractivity contribution >= 4 is 12.1 Å². The molecule has 0 bridgehead atoms. The highest BCUT2D eigenvalue weighted by Gasteiger charge is 2.25. The monoisotopic (exact) mass is 213 g/mol. The smallest absolute Gasteiger partial charge is 0.409 e. The Morgan fingerprint density at radius 2 is 2.07 bits per heavy atom. The Balaban J connectivity index is 2.76. The number of nitrogens with zero attached hydrogens (tertiary/aromatic N) is 1. The maximum Gasteiger partial charge on any atom is 0.409 e. The zero-order chi connectivity index (χ0) is 11.4. The summed E-state index contributed by atoms with van der Waals surface area (Å²) in [7, 11) is 2.65. The number of carbonyl (C=O) groups is 2. The molecule has 1 heterocycles. The molecular formula is C10H15NO4. The maximum absolute atomic E-state index is 11.3. The molecule has 0 aliphatic carbocycles. The van der Waals surface area contributed by atoms with Crippen LogP contribution >= 0.6 is 0 Å². The lowest BCUT2D eigenvalue weighted by Gasteiger charge is -2.28. The molecule has 0 saturated carbocycles. The third-order valence-electron chi connectivity index (χ3n) is 2.24. The first-order valence-corrected chi connectivity index (χ1v) is 4.70. The molecule has 0 N–H and O–H groups in total. The predicted molar refractivity (Wildman–Crippen MR) is 53.2 cm³/mol. The van der Waals surface area contributed by atoms with E-state index >= 15 is 0 Å². The summed E-state index contributed by atoms with van der Waals surface area (Å²) in [6.45, 7) is 2.74. The molecule has 1 amide bonds. The van der Waals surface area contributed by atoms with E-state index in [4.69, 9.17) is 0 Å². The third-order valence-corrected chi connectivity index (χ3v) is 2.24. The molecule has 1 unspecified atom stereocenters. The van der Waals surface area contributed by atoms with Crippen molar-refractivity contribution in [2.75, 3.05) is 27.3 Å². The van der Waals surface area contributed by atoms with Crippen LogP contribution in [0.15, 0.2) is 11.6 Å². The molecule has 0 aromatic rings. The van der Waals surface area contributed by atoms with Crippen LogP contribution in [0.4, 0.5) is 4.79 Å². The van der Waals surface area contributed by atoms with Crippen molar-refractivity contribution in [2.24, 2.45) is 5.92 Å². The van der Waals surface area contributed by atoms with Crippen molar-refractivity contribution in [1.82, 2.24) is 4.90 Å².